The van der Waals surface area contributed by atoms with Crippen molar-refractivity contribution < 1.29 is 19.1 Å². The minimum absolute atomic E-state index is 0.123. The summed E-state index contributed by atoms with van der Waals surface area (Å²) >= 11 is 0. The average molecular weight is 475 g/mol. The zero-order chi connectivity index (χ0) is 25.7. The van der Waals surface area contributed by atoms with Crippen molar-refractivity contribution >= 4 is 31.6 Å². The molecule has 1 amide bonds. The molecule has 3 aromatic rings. The molecule has 0 aliphatic heterocycles. The second-order valence-corrected chi connectivity index (χ2v) is 8.50. The summed E-state index contributed by atoms with van der Waals surface area (Å²) in [4.78, 5) is 30.8. The van der Waals surface area contributed by atoms with Crippen molar-refractivity contribution in [2.45, 2.75) is 33.1 Å². The highest BCUT2D eigenvalue weighted by molar-refractivity contribution is 6.17. The number of aryl methyl sites for hydroxylation is 1. The monoisotopic (exact) mass is 475 g/mol. The van der Waals surface area contributed by atoms with Crippen molar-refractivity contribution in [3.05, 3.63) is 59.8 Å². The molecule has 1 aromatic carbocycles. The molecule has 0 fully saturated rings. The number of nitrogens with zero attached hydrogens (tertiary/aromatic N) is 5. The maximum atomic E-state index is 13.3. The lowest BCUT2D eigenvalue weighted by atomic mass is 9.89. The largest absolute Gasteiger partial charge is 0.497 e. The highest BCUT2D eigenvalue weighted by Gasteiger charge is 2.29. The lowest BCUT2D eigenvalue weighted by Gasteiger charge is -2.28. The summed E-state index contributed by atoms with van der Waals surface area (Å²) < 4.78 is 13.4. The SMILES string of the molecule is [B]C(c1ncn(-c2ccc(OC)cc2)c1C)N(C(=O)CC(C)C)c1cc(/C=C/C(=O)OC)n(C)n1. The Balaban J connectivity index is 1.99. The van der Waals surface area contributed by atoms with Crippen LogP contribution >= 0.6 is 0 Å². The molecule has 0 saturated heterocycles. The highest BCUT2D eigenvalue weighted by Crippen LogP contribution is 2.29. The molecule has 2 heterocycles. The molecule has 0 bridgehead atoms. The minimum Gasteiger partial charge on any atom is -0.497 e. The molecule has 10 heteroatoms. The smallest absolute Gasteiger partial charge is 0.330 e. The van der Waals surface area contributed by atoms with Crippen molar-refractivity contribution in [2.24, 2.45) is 13.0 Å². The minimum atomic E-state index is -0.868. The molecular formula is C25H30BN5O4. The van der Waals surface area contributed by atoms with Crippen LogP contribution in [-0.2, 0) is 21.4 Å². The number of anilines is 1. The second kappa shape index (κ2) is 11.1. The fourth-order valence-corrected chi connectivity index (χ4v) is 3.67. The summed E-state index contributed by atoms with van der Waals surface area (Å²) in [5.41, 5.74) is 2.85. The van der Waals surface area contributed by atoms with Gasteiger partial charge in [0.25, 0.3) is 0 Å². The number of esters is 1. The number of ether oxygens (including phenoxy) is 2. The molecule has 1 unspecified atom stereocenters. The Labute approximate surface area is 206 Å². The molecule has 182 valence electrons. The van der Waals surface area contributed by atoms with Crippen molar-refractivity contribution in [3.8, 4) is 11.4 Å². The fraction of sp³-hybridized carbons (Fsp3) is 0.360. The Hall–Kier alpha value is -3.82. The maximum absolute atomic E-state index is 13.3. The first kappa shape index (κ1) is 25.8. The Morgan fingerprint density at radius 1 is 1.20 bits per heavy atom. The van der Waals surface area contributed by atoms with E-state index in [1.165, 1.54) is 18.1 Å². The van der Waals surface area contributed by atoms with Gasteiger partial charge in [0.05, 0.1) is 31.9 Å². The van der Waals surface area contributed by atoms with Gasteiger partial charge in [0.1, 0.15) is 13.6 Å². The van der Waals surface area contributed by atoms with Gasteiger partial charge in [0.15, 0.2) is 5.82 Å². The van der Waals surface area contributed by atoms with Gasteiger partial charge in [-0.3, -0.25) is 14.4 Å². The standard InChI is InChI=1S/C25H30BN5O4/c1-16(2)13-22(32)31(21-14-19(29(4)28-21)9-12-23(33)35-6)25(26)24-17(3)30(15-27-24)18-7-10-20(34-5)11-8-18/h7-12,14-16,25H,13H2,1-6H3/b12-9+. The summed E-state index contributed by atoms with van der Waals surface area (Å²) in [6.45, 7) is 5.84. The van der Waals surface area contributed by atoms with Crippen molar-refractivity contribution in [1.29, 1.82) is 0 Å². The van der Waals surface area contributed by atoms with Crippen LogP contribution in [-0.4, -0.2) is 53.3 Å². The van der Waals surface area contributed by atoms with Crippen LogP contribution in [0.5, 0.6) is 5.75 Å². The molecule has 1 atom stereocenters. The zero-order valence-corrected chi connectivity index (χ0v) is 20.9. The summed E-state index contributed by atoms with van der Waals surface area (Å²) in [6.07, 6.45) is 4.83. The third-order valence-corrected chi connectivity index (χ3v) is 5.55. The van der Waals surface area contributed by atoms with Crippen LogP contribution in [0, 0.1) is 12.8 Å². The third kappa shape index (κ3) is 5.82. The van der Waals surface area contributed by atoms with Gasteiger partial charge in [-0.15, -0.1) is 0 Å². The van der Waals surface area contributed by atoms with E-state index < -0.39 is 11.9 Å². The number of aromatic nitrogens is 4. The zero-order valence-electron chi connectivity index (χ0n) is 20.9. The van der Waals surface area contributed by atoms with E-state index in [2.05, 4.69) is 14.8 Å². The van der Waals surface area contributed by atoms with Crippen LogP contribution in [0.25, 0.3) is 11.8 Å². The third-order valence-electron chi connectivity index (χ3n) is 5.55. The van der Waals surface area contributed by atoms with Gasteiger partial charge in [-0.05, 0) is 43.2 Å². The summed E-state index contributed by atoms with van der Waals surface area (Å²) in [5.74, 6) is -0.287. The van der Waals surface area contributed by atoms with Gasteiger partial charge in [-0.25, -0.2) is 9.78 Å². The Morgan fingerprint density at radius 3 is 2.49 bits per heavy atom. The lowest BCUT2D eigenvalue weighted by molar-refractivity contribution is -0.134. The predicted molar refractivity (Wildman–Crippen MR) is 135 cm³/mol. The number of hydrogen-bond donors (Lipinski definition) is 0. The molecule has 2 radical (unpaired) electrons. The number of imidazole rings is 1. The van der Waals surface area contributed by atoms with Gasteiger partial charge >= 0.3 is 5.97 Å². The molecule has 35 heavy (non-hydrogen) atoms. The molecule has 0 saturated carbocycles. The topological polar surface area (TPSA) is 91.5 Å². The number of amides is 1. The van der Waals surface area contributed by atoms with Gasteiger partial charge in [-0.1, -0.05) is 13.8 Å². The van der Waals surface area contributed by atoms with Crippen LogP contribution in [0.3, 0.4) is 0 Å². The maximum Gasteiger partial charge on any atom is 0.330 e. The van der Waals surface area contributed by atoms with Crippen molar-refractivity contribution in [2.75, 3.05) is 19.1 Å². The van der Waals surface area contributed by atoms with Gasteiger partial charge < -0.3 is 14.0 Å². The molecule has 0 aliphatic carbocycles. The van der Waals surface area contributed by atoms with Crippen LogP contribution in [0.15, 0.2) is 42.7 Å². The molecule has 9 nitrogen and oxygen atoms in total. The van der Waals surface area contributed by atoms with Crippen LogP contribution in [0.2, 0.25) is 0 Å². The first-order valence-electron chi connectivity index (χ1n) is 11.2. The van der Waals surface area contributed by atoms with Crippen molar-refractivity contribution in [1.82, 2.24) is 19.3 Å². The van der Waals surface area contributed by atoms with Crippen molar-refractivity contribution in [3.63, 3.8) is 0 Å². The van der Waals surface area contributed by atoms with Gasteiger partial charge in [0, 0.05) is 42.9 Å². The first-order chi connectivity index (χ1) is 16.7. The summed E-state index contributed by atoms with van der Waals surface area (Å²) in [5, 5.41) is 4.49. The molecular weight excluding hydrogens is 445 g/mol. The van der Waals surface area contributed by atoms with Gasteiger partial charge in [-0.2, -0.15) is 5.10 Å². The summed E-state index contributed by atoms with van der Waals surface area (Å²) in [7, 11) is 11.3. The van der Waals surface area contributed by atoms with E-state index in [9.17, 15) is 9.59 Å². The van der Waals surface area contributed by atoms with E-state index in [-0.39, 0.29) is 18.2 Å². The summed E-state index contributed by atoms with van der Waals surface area (Å²) in [6, 6.07) is 9.27. The fourth-order valence-electron chi connectivity index (χ4n) is 3.67. The number of methoxy groups -OCH3 is 2. The number of carbonyl (C=O) groups excluding carboxylic acids is 2. The van der Waals surface area contributed by atoms with Crippen LogP contribution in [0.1, 0.15) is 43.3 Å². The highest BCUT2D eigenvalue weighted by atomic mass is 16.5. The van der Waals surface area contributed by atoms with E-state index in [4.69, 9.17) is 12.6 Å². The first-order valence-corrected chi connectivity index (χ1v) is 11.2. The lowest BCUT2D eigenvalue weighted by Crippen LogP contribution is -2.37. The average Bonchev–Trinajstić information content (AvgIpc) is 3.39. The number of rotatable bonds is 9. The quantitative estimate of drug-likeness (QED) is 0.268. The normalized spacial score (nSPS) is 12.2. The van der Waals surface area contributed by atoms with Crippen LogP contribution in [0.4, 0.5) is 5.82 Å². The Bertz CT molecular complexity index is 1210. The number of carbonyl (C=O) groups is 2. The van der Waals surface area contributed by atoms with E-state index in [0.29, 0.717) is 17.2 Å². The number of hydrogen-bond acceptors (Lipinski definition) is 6. The van der Waals surface area contributed by atoms with E-state index in [1.807, 2.05) is 49.6 Å². The number of benzene rings is 1. The van der Waals surface area contributed by atoms with E-state index in [1.54, 1.807) is 37.3 Å². The second-order valence-electron chi connectivity index (χ2n) is 8.50. The van der Waals surface area contributed by atoms with Crippen LogP contribution < -0.4 is 9.64 Å². The molecule has 2 aromatic heterocycles. The van der Waals surface area contributed by atoms with E-state index >= 15 is 0 Å². The molecule has 3 rings (SSSR count). The van der Waals surface area contributed by atoms with Gasteiger partial charge in [0.2, 0.25) is 5.91 Å². The Morgan fingerprint density at radius 2 is 1.89 bits per heavy atom. The molecule has 0 N–H and O–H groups in total. The molecule has 0 spiro atoms. The molecule has 0 aliphatic rings. The van der Waals surface area contributed by atoms with E-state index in [0.717, 1.165) is 17.1 Å². The predicted octanol–water partition coefficient (Wildman–Crippen LogP) is 3.36. The Kier molecular flexibility index (Phi) is 8.16.